The largest absolute Gasteiger partial charge is 0.477 e. The molecule has 108 valence electrons. The van der Waals surface area contributed by atoms with Crippen molar-refractivity contribution < 1.29 is 18.3 Å². The SMILES string of the molecule is CCn1cc(S(=O)(=O)N(C)CC(C)C)cc1C(=O)O. The number of carboxylic acids is 1. The molecule has 0 atom stereocenters. The van der Waals surface area contributed by atoms with E-state index in [4.69, 9.17) is 5.11 Å². The summed E-state index contributed by atoms with van der Waals surface area (Å²) in [6.07, 6.45) is 1.37. The highest BCUT2D eigenvalue weighted by atomic mass is 32.2. The third kappa shape index (κ3) is 3.36. The fraction of sp³-hybridized carbons (Fsp3) is 0.583. The van der Waals surface area contributed by atoms with E-state index in [1.165, 1.54) is 28.2 Å². The van der Waals surface area contributed by atoms with Gasteiger partial charge >= 0.3 is 5.97 Å². The molecular weight excluding hydrogens is 268 g/mol. The lowest BCUT2D eigenvalue weighted by atomic mass is 10.2. The first kappa shape index (κ1) is 15.7. The zero-order chi connectivity index (χ0) is 14.8. The molecule has 0 aliphatic rings. The van der Waals surface area contributed by atoms with Crippen LogP contribution in [0.4, 0.5) is 0 Å². The number of carboxylic acid groups (broad SMARTS) is 1. The second-order valence-electron chi connectivity index (χ2n) is 4.83. The maximum Gasteiger partial charge on any atom is 0.352 e. The predicted molar refractivity (Wildman–Crippen MR) is 71.7 cm³/mol. The number of sulfonamides is 1. The molecule has 0 aromatic carbocycles. The Morgan fingerprint density at radius 2 is 2.05 bits per heavy atom. The van der Waals surface area contributed by atoms with E-state index in [-0.39, 0.29) is 16.5 Å². The van der Waals surface area contributed by atoms with E-state index in [2.05, 4.69) is 0 Å². The zero-order valence-electron chi connectivity index (χ0n) is 11.6. The topological polar surface area (TPSA) is 79.6 Å². The van der Waals surface area contributed by atoms with Gasteiger partial charge in [-0.15, -0.1) is 0 Å². The van der Waals surface area contributed by atoms with Crippen molar-refractivity contribution >= 4 is 16.0 Å². The Morgan fingerprint density at radius 1 is 1.47 bits per heavy atom. The number of hydrogen-bond acceptors (Lipinski definition) is 3. The standard InChI is InChI=1S/C12H20N2O4S/c1-5-14-8-10(6-11(14)12(15)16)19(17,18)13(4)7-9(2)3/h6,8-9H,5,7H2,1-4H3,(H,15,16). The molecule has 1 heterocycles. The van der Waals surface area contributed by atoms with Crippen molar-refractivity contribution in [2.45, 2.75) is 32.2 Å². The van der Waals surface area contributed by atoms with Gasteiger partial charge in [0, 0.05) is 26.3 Å². The minimum atomic E-state index is -3.63. The fourth-order valence-electron chi connectivity index (χ4n) is 1.86. The van der Waals surface area contributed by atoms with E-state index >= 15 is 0 Å². The molecule has 0 radical (unpaired) electrons. The lowest BCUT2D eigenvalue weighted by Gasteiger charge is -2.18. The van der Waals surface area contributed by atoms with Crippen LogP contribution in [0.2, 0.25) is 0 Å². The third-order valence-electron chi connectivity index (χ3n) is 2.76. The average molecular weight is 288 g/mol. The summed E-state index contributed by atoms with van der Waals surface area (Å²) in [4.78, 5) is 11.1. The van der Waals surface area contributed by atoms with Gasteiger partial charge in [-0.2, -0.15) is 0 Å². The molecule has 1 rings (SSSR count). The maximum atomic E-state index is 12.3. The molecule has 0 aliphatic carbocycles. The van der Waals surface area contributed by atoms with Crippen molar-refractivity contribution in [2.24, 2.45) is 5.92 Å². The first-order chi connectivity index (χ1) is 8.70. The monoisotopic (exact) mass is 288 g/mol. The van der Waals surface area contributed by atoms with Crippen LogP contribution in [-0.4, -0.2) is 42.0 Å². The quantitative estimate of drug-likeness (QED) is 0.860. The lowest BCUT2D eigenvalue weighted by molar-refractivity contribution is 0.0685. The number of hydrogen-bond donors (Lipinski definition) is 1. The van der Waals surface area contributed by atoms with Crippen LogP contribution in [0.3, 0.4) is 0 Å². The van der Waals surface area contributed by atoms with Gasteiger partial charge in [0.1, 0.15) is 10.6 Å². The van der Waals surface area contributed by atoms with Crippen LogP contribution in [0.5, 0.6) is 0 Å². The minimum absolute atomic E-state index is 0.0148. The van der Waals surface area contributed by atoms with Gasteiger partial charge in [-0.3, -0.25) is 0 Å². The summed E-state index contributed by atoms with van der Waals surface area (Å²) in [6.45, 7) is 6.41. The Kier molecular flexibility index (Phi) is 4.75. The molecule has 0 saturated carbocycles. The Labute approximate surface area is 113 Å². The molecule has 0 fully saturated rings. The summed E-state index contributed by atoms with van der Waals surface area (Å²) in [5.74, 6) is -0.929. The van der Waals surface area contributed by atoms with Gasteiger partial charge in [-0.25, -0.2) is 17.5 Å². The number of carbonyl (C=O) groups is 1. The van der Waals surface area contributed by atoms with Gasteiger partial charge < -0.3 is 9.67 Å². The number of rotatable bonds is 6. The number of aromatic nitrogens is 1. The minimum Gasteiger partial charge on any atom is -0.477 e. The number of aromatic carboxylic acids is 1. The molecule has 6 nitrogen and oxygen atoms in total. The maximum absolute atomic E-state index is 12.3. The summed E-state index contributed by atoms with van der Waals surface area (Å²) < 4.78 is 27.2. The highest BCUT2D eigenvalue weighted by Gasteiger charge is 2.25. The van der Waals surface area contributed by atoms with Crippen molar-refractivity contribution in [1.82, 2.24) is 8.87 Å². The zero-order valence-corrected chi connectivity index (χ0v) is 12.4. The van der Waals surface area contributed by atoms with Crippen LogP contribution in [-0.2, 0) is 16.6 Å². The lowest BCUT2D eigenvalue weighted by Crippen LogP contribution is -2.30. The van der Waals surface area contributed by atoms with Crippen molar-refractivity contribution in [2.75, 3.05) is 13.6 Å². The Hall–Kier alpha value is -1.34. The highest BCUT2D eigenvalue weighted by Crippen LogP contribution is 2.19. The normalized spacial score (nSPS) is 12.3. The van der Waals surface area contributed by atoms with Gasteiger partial charge in [0.05, 0.1) is 0 Å². The highest BCUT2D eigenvalue weighted by molar-refractivity contribution is 7.89. The molecule has 0 aliphatic heterocycles. The van der Waals surface area contributed by atoms with Crippen molar-refractivity contribution in [3.63, 3.8) is 0 Å². The second kappa shape index (κ2) is 5.75. The van der Waals surface area contributed by atoms with E-state index in [9.17, 15) is 13.2 Å². The van der Waals surface area contributed by atoms with E-state index in [1.807, 2.05) is 13.8 Å². The van der Waals surface area contributed by atoms with E-state index in [0.29, 0.717) is 13.1 Å². The molecular formula is C12H20N2O4S. The van der Waals surface area contributed by atoms with Crippen LogP contribution >= 0.6 is 0 Å². The van der Waals surface area contributed by atoms with Crippen molar-refractivity contribution in [3.8, 4) is 0 Å². The van der Waals surface area contributed by atoms with Gasteiger partial charge in [0.15, 0.2) is 0 Å². The molecule has 1 N–H and O–H groups in total. The van der Waals surface area contributed by atoms with E-state index < -0.39 is 16.0 Å². The molecule has 1 aromatic heterocycles. The van der Waals surface area contributed by atoms with Gasteiger partial charge in [0.2, 0.25) is 10.0 Å². The van der Waals surface area contributed by atoms with Crippen LogP contribution in [0.25, 0.3) is 0 Å². The molecule has 0 amide bonds. The smallest absolute Gasteiger partial charge is 0.352 e. The van der Waals surface area contributed by atoms with E-state index in [0.717, 1.165) is 0 Å². The number of aryl methyl sites for hydroxylation is 1. The van der Waals surface area contributed by atoms with Gasteiger partial charge in [-0.05, 0) is 18.9 Å². The predicted octanol–water partition coefficient (Wildman–Crippen LogP) is 1.48. The average Bonchev–Trinajstić information content (AvgIpc) is 2.72. The summed E-state index contributed by atoms with van der Waals surface area (Å²) >= 11 is 0. The molecule has 0 saturated heterocycles. The Bertz CT molecular complexity index is 560. The van der Waals surface area contributed by atoms with Crippen LogP contribution in [0.1, 0.15) is 31.3 Å². The fourth-order valence-corrected chi connectivity index (χ4v) is 3.23. The summed E-state index contributed by atoms with van der Waals surface area (Å²) in [6, 6.07) is 1.21. The molecule has 0 bridgehead atoms. The molecule has 7 heteroatoms. The molecule has 0 spiro atoms. The Morgan fingerprint density at radius 3 is 2.42 bits per heavy atom. The molecule has 0 unspecified atom stereocenters. The van der Waals surface area contributed by atoms with Crippen molar-refractivity contribution in [3.05, 3.63) is 18.0 Å². The first-order valence-corrected chi connectivity index (χ1v) is 7.54. The second-order valence-corrected chi connectivity index (χ2v) is 6.88. The van der Waals surface area contributed by atoms with Gasteiger partial charge in [-0.1, -0.05) is 13.8 Å². The Balaban J connectivity index is 3.19. The summed E-state index contributed by atoms with van der Waals surface area (Å²) in [5, 5.41) is 9.03. The van der Waals surface area contributed by atoms with Crippen LogP contribution in [0, 0.1) is 5.92 Å². The molecule has 19 heavy (non-hydrogen) atoms. The number of nitrogens with zero attached hydrogens (tertiary/aromatic N) is 2. The molecule has 1 aromatic rings. The van der Waals surface area contributed by atoms with Gasteiger partial charge in [0.25, 0.3) is 0 Å². The van der Waals surface area contributed by atoms with Crippen LogP contribution < -0.4 is 0 Å². The van der Waals surface area contributed by atoms with E-state index in [1.54, 1.807) is 6.92 Å². The third-order valence-corrected chi connectivity index (χ3v) is 4.55. The summed E-state index contributed by atoms with van der Waals surface area (Å²) in [5.41, 5.74) is -0.0148. The van der Waals surface area contributed by atoms with Crippen LogP contribution in [0.15, 0.2) is 17.2 Å². The first-order valence-electron chi connectivity index (χ1n) is 6.10. The summed E-state index contributed by atoms with van der Waals surface area (Å²) in [7, 11) is -2.13. The van der Waals surface area contributed by atoms with Crippen molar-refractivity contribution in [1.29, 1.82) is 0 Å².